The average molecular weight is 258 g/mol. The molecule has 1 aliphatic carbocycles. The van der Waals surface area contributed by atoms with Gasteiger partial charge in [0, 0.05) is 18.8 Å². The van der Waals surface area contributed by atoms with Gasteiger partial charge in [-0.05, 0) is 13.3 Å². The summed E-state index contributed by atoms with van der Waals surface area (Å²) in [7, 11) is 0. The number of esters is 1. The van der Waals surface area contributed by atoms with Crippen LogP contribution in [0.5, 0.6) is 0 Å². The highest BCUT2D eigenvalue weighted by atomic mass is 17.2. The molecule has 1 saturated carbocycles. The summed E-state index contributed by atoms with van der Waals surface area (Å²) in [5, 5.41) is 0. The summed E-state index contributed by atoms with van der Waals surface area (Å²) in [6.45, 7) is 5.19. The van der Waals surface area contributed by atoms with E-state index < -0.39 is 17.4 Å². The lowest BCUT2D eigenvalue weighted by Crippen LogP contribution is -2.21. The van der Waals surface area contributed by atoms with E-state index in [-0.39, 0.29) is 24.9 Å². The zero-order chi connectivity index (χ0) is 13.8. The second kappa shape index (κ2) is 5.84. The first-order valence-electron chi connectivity index (χ1n) is 6.01. The highest BCUT2D eigenvalue weighted by Gasteiger charge is 2.58. The molecule has 0 aromatic heterocycles. The van der Waals surface area contributed by atoms with Gasteiger partial charge in [0.15, 0.2) is 0 Å². The van der Waals surface area contributed by atoms with Crippen molar-refractivity contribution < 1.29 is 28.9 Å². The Morgan fingerprint density at radius 2 is 1.72 bits per heavy atom. The molecule has 0 N–H and O–H groups in total. The van der Waals surface area contributed by atoms with Crippen LogP contribution in [0, 0.1) is 11.3 Å². The van der Waals surface area contributed by atoms with E-state index in [0.29, 0.717) is 12.8 Å². The molecule has 0 aromatic carbocycles. The SMILES string of the molecule is CCC(=O)OCC1CC1(C)C(=O)OOC(=O)CC. The molecule has 1 fully saturated rings. The van der Waals surface area contributed by atoms with Crippen LogP contribution in [-0.4, -0.2) is 24.5 Å². The Bertz CT molecular complexity index is 350. The molecule has 0 spiro atoms. The van der Waals surface area contributed by atoms with Crippen molar-refractivity contribution in [2.75, 3.05) is 6.61 Å². The van der Waals surface area contributed by atoms with Gasteiger partial charge < -0.3 is 4.74 Å². The molecule has 0 aliphatic heterocycles. The van der Waals surface area contributed by atoms with E-state index in [1.165, 1.54) is 0 Å². The minimum Gasteiger partial charge on any atom is -0.465 e. The van der Waals surface area contributed by atoms with Crippen LogP contribution in [0.1, 0.15) is 40.0 Å². The zero-order valence-electron chi connectivity index (χ0n) is 10.9. The molecular weight excluding hydrogens is 240 g/mol. The molecule has 0 radical (unpaired) electrons. The maximum atomic E-state index is 11.6. The van der Waals surface area contributed by atoms with Crippen molar-refractivity contribution in [3.8, 4) is 0 Å². The predicted molar refractivity (Wildman–Crippen MR) is 59.9 cm³/mol. The van der Waals surface area contributed by atoms with Gasteiger partial charge in [0.05, 0.1) is 12.0 Å². The second-order valence-electron chi connectivity index (χ2n) is 4.53. The van der Waals surface area contributed by atoms with Crippen molar-refractivity contribution in [1.82, 2.24) is 0 Å². The van der Waals surface area contributed by atoms with E-state index in [1.54, 1.807) is 20.8 Å². The maximum absolute atomic E-state index is 11.6. The van der Waals surface area contributed by atoms with Gasteiger partial charge in [-0.1, -0.05) is 13.8 Å². The summed E-state index contributed by atoms with van der Waals surface area (Å²) in [4.78, 5) is 42.2. The lowest BCUT2D eigenvalue weighted by molar-refractivity contribution is -0.263. The Hall–Kier alpha value is -1.59. The summed E-state index contributed by atoms with van der Waals surface area (Å²) in [5.74, 6) is -1.56. The van der Waals surface area contributed by atoms with Gasteiger partial charge in [0.1, 0.15) is 0 Å². The number of carbonyl (C=O) groups is 3. The predicted octanol–water partition coefficient (Wildman–Crippen LogP) is 1.38. The molecule has 0 saturated heterocycles. The Labute approximate surface area is 106 Å². The van der Waals surface area contributed by atoms with Gasteiger partial charge in [-0.15, -0.1) is 0 Å². The fourth-order valence-electron chi connectivity index (χ4n) is 1.48. The van der Waals surface area contributed by atoms with Crippen LogP contribution in [-0.2, 0) is 28.9 Å². The summed E-state index contributed by atoms with van der Waals surface area (Å²) in [5.41, 5.74) is -0.720. The fraction of sp³-hybridized carbons (Fsp3) is 0.750. The fourth-order valence-corrected chi connectivity index (χ4v) is 1.48. The molecule has 0 aromatic rings. The topological polar surface area (TPSA) is 78.9 Å². The third-order valence-electron chi connectivity index (χ3n) is 3.11. The van der Waals surface area contributed by atoms with E-state index in [4.69, 9.17) is 4.74 Å². The van der Waals surface area contributed by atoms with E-state index in [9.17, 15) is 14.4 Å². The number of carbonyl (C=O) groups excluding carboxylic acids is 3. The summed E-state index contributed by atoms with van der Waals surface area (Å²) < 4.78 is 4.95. The molecule has 6 nitrogen and oxygen atoms in total. The van der Waals surface area contributed by atoms with Gasteiger partial charge in [-0.25, -0.2) is 19.4 Å². The van der Waals surface area contributed by atoms with Crippen LogP contribution in [0.25, 0.3) is 0 Å². The van der Waals surface area contributed by atoms with E-state index in [2.05, 4.69) is 9.78 Å². The summed E-state index contributed by atoms with van der Waals surface area (Å²) in [6.07, 6.45) is 1.01. The molecule has 1 aliphatic rings. The number of hydrogen-bond acceptors (Lipinski definition) is 6. The minimum absolute atomic E-state index is 0.0687. The van der Waals surface area contributed by atoms with Gasteiger partial charge in [0.25, 0.3) is 0 Å². The molecule has 18 heavy (non-hydrogen) atoms. The first kappa shape index (κ1) is 14.5. The van der Waals surface area contributed by atoms with Crippen molar-refractivity contribution in [2.24, 2.45) is 11.3 Å². The van der Waals surface area contributed by atoms with Gasteiger partial charge in [-0.2, -0.15) is 0 Å². The quantitative estimate of drug-likeness (QED) is 0.421. The molecule has 0 amide bonds. The molecule has 2 unspecified atom stereocenters. The van der Waals surface area contributed by atoms with Crippen molar-refractivity contribution in [1.29, 1.82) is 0 Å². The third kappa shape index (κ3) is 3.45. The summed E-state index contributed by atoms with van der Waals surface area (Å²) in [6, 6.07) is 0. The van der Waals surface area contributed by atoms with Crippen LogP contribution in [0.3, 0.4) is 0 Å². The lowest BCUT2D eigenvalue weighted by atomic mass is 10.1. The smallest absolute Gasteiger partial charge is 0.361 e. The minimum atomic E-state index is -0.720. The molecule has 2 atom stereocenters. The Balaban J connectivity index is 2.32. The van der Waals surface area contributed by atoms with E-state index in [1.807, 2.05) is 0 Å². The molecule has 0 heterocycles. The van der Waals surface area contributed by atoms with E-state index >= 15 is 0 Å². The van der Waals surface area contributed by atoms with Gasteiger partial charge in [-0.3, -0.25) is 4.79 Å². The van der Waals surface area contributed by atoms with Crippen LogP contribution < -0.4 is 0 Å². The van der Waals surface area contributed by atoms with Crippen molar-refractivity contribution in [2.45, 2.75) is 40.0 Å². The number of ether oxygens (including phenoxy) is 1. The summed E-state index contributed by atoms with van der Waals surface area (Å²) >= 11 is 0. The van der Waals surface area contributed by atoms with Gasteiger partial charge in [0.2, 0.25) is 0 Å². The molecule has 102 valence electrons. The van der Waals surface area contributed by atoms with Crippen molar-refractivity contribution >= 4 is 17.9 Å². The Morgan fingerprint density at radius 1 is 1.11 bits per heavy atom. The van der Waals surface area contributed by atoms with Gasteiger partial charge >= 0.3 is 17.9 Å². The Kier molecular flexibility index (Phi) is 4.69. The third-order valence-corrected chi connectivity index (χ3v) is 3.11. The van der Waals surface area contributed by atoms with Crippen LogP contribution >= 0.6 is 0 Å². The molecular formula is C12H18O6. The average Bonchev–Trinajstić information content (AvgIpc) is 3.04. The zero-order valence-corrected chi connectivity index (χ0v) is 10.9. The second-order valence-corrected chi connectivity index (χ2v) is 4.53. The molecule has 0 bridgehead atoms. The standard InChI is InChI=1S/C12H18O6/c1-4-9(13)16-7-8-6-12(8,3)11(15)18-17-10(14)5-2/h8H,4-7H2,1-3H3. The van der Waals surface area contributed by atoms with E-state index in [0.717, 1.165) is 0 Å². The number of hydrogen-bond donors (Lipinski definition) is 0. The maximum Gasteiger partial charge on any atom is 0.361 e. The lowest BCUT2D eigenvalue weighted by Gasteiger charge is -2.09. The van der Waals surface area contributed by atoms with Crippen molar-refractivity contribution in [3.63, 3.8) is 0 Å². The van der Waals surface area contributed by atoms with Crippen LogP contribution in [0.15, 0.2) is 0 Å². The molecule has 6 heteroatoms. The highest BCUT2D eigenvalue weighted by molar-refractivity contribution is 5.81. The normalized spacial score (nSPS) is 25.2. The number of rotatable bonds is 5. The van der Waals surface area contributed by atoms with Crippen LogP contribution in [0.2, 0.25) is 0 Å². The molecule has 1 rings (SSSR count). The first-order chi connectivity index (χ1) is 8.43. The van der Waals surface area contributed by atoms with Crippen LogP contribution in [0.4, 0.5) is 0 Å². The van der Waals surface area contributed by atoms with Crippen molar-refractivity contribution in [3.05, 3.63) is 0 Å². The largest absolute Gasteiger partial charge is 0.465 e. The highest BCUT2D eigenvalue weighted by Crippen LogP contribution is 2.53. The first-order valence-corrected chi connectivity index (χ1v) is 6.01. The monoisotopic (exact) mass is 258 g/mol. The Morgan fingerprint density at radius 3 is 2.28 bits per heavy atom.